The van der Waals surface area contributed by atoms with Crippen LogP contribution in [-0.2, 0) is 11.8 Å². The highest BCUT2D eigenvalue weighted by molar-refractivity contribution is 5.53. The quantitative estimate of drug-likeness (QED) is 0.839. The molecule has 0 amide bonds. The van der Waals surface area contributed by atoms with E-state index in [4.69, 9.17) is 4.74 Å². The summed E-state index contributed by atoms with van der Waals surface area (Å²) in [6.45, 7) is 3.84. The number of hydrogen-bond acceptors (Lipinski definition) is 5. The Labute approximate surface area is 118 Å². The van der Waals surface area contributed by atoms with Gasteiger partial charge in [0.2, 0.25) is 0 Å². The van der Waals surface area contributed by atoms with Gasteiger partial charge in [0, 0.05) is 51.5 Å². The van der Waals surface area contributed by atoms with Gasteiger partial charge in [-0.15, -0.1) is 5.10 Å². The minimum atomic E-state index is 0.138. The average Bonchev–Trinajstić information content (AvgIpc) is 3.05. The Kier molecular flexibility index (Phi) is 3.40. The van der Waals surface area contributed by atoms with Gasteiger partial charge in [0.1, 0.15) is 0 Å². The van der Waals surface area contributed by atoms with E-state index in [1.807, 2.05) is 25.6 Å². The van der Waals surface area contributed by atoms with Crippen molar-refractivity contribution in [3.8, 4) is 0 Å². The molecular weight excluding hydrogens is 254 g/mol. The lowest BCUT2D eigenvalue weighted by Gasteiger charge is -2.20. The van der Waals surface area contributed by atoms with Crippen LogP contribution in [0.4, 0.5) is 5.69 Å². The number of aryl methyl sites for hydroxylation is 2. The Morgan fingerprint density at radius 3 is 2.85 bits per heavy atom. The molecule has 2 atom stereocenters. The van der Waals surface area contributed by atoms with Crippen LogP contribution in [0.5, 0.6) is 0 Å². The molecule has 0 unspecified atom stereocenters. The van der Waals surface area contributed by atoms with E-state index < -0.39 is 0 Å². The zero-order valence-electron chi connectivity index (χ0n) is 12.0. The van der Waals surface area contributed by atoms with E-state index in [2.05, 4.69) is 33.2 Å². The molecule has 0 bridgehead atoms. The number of anilines is 1. The second kappa shape index (κ2) is 5.20. The van der Waals surface area contributed by atoms with E-state index >= 15 is 0 Å². The van der Waals surface area contributed by atoms with Crippen molar-refractivity contribution in [3.05, 3.63) is 35.9 Å². The lowest BCUT2D eigenvalue weighted by atomic mass is 10.0. The molecule has 3 rings (SSSR count). The summed E-state index contributed by atoms with van der Waals surface area (Å²) < 4.78 is 7.38. The molecule has 3 heterocycles. The molecule has 0 saturated carbocycles. The van der Waals surface area contributed by atoms with Gasteiger partial charge in [0.25, 0.3) is 0 Å². The third kappa shape index (κ3) is 2.27. The maximum absolute atomic E-state index is 5.64. The summed E-state index contributed by atoms with van der Waals surface area (Å²) in [5.41, 5.74) is 3.39. The number of methoxy groups -OCH3 is 1. The van der Waals surface area contributed by atoms with Gasteiger partial charge in [-0.3, -0.25) is 9.67 Å². The second-order valence-electron chi connectivity index (χ2n) is 5.26. The highest BCUT2D eigenvalue weighted by atomic mass is 16.5. The van der Waals surface area contributed by atoms with Crippen molar-refractivity contribution < 1.29 is 4.74 Å². The zero-order valence-corrected chi connectivity index (χ0v) is 12.0. The normalized spacial score (nSPS) is 22.4. The van der Waals surface area contributed by atoms with Crippen LogP contribution in [0.2, 0.25) is 0 Å². The predicted molar refractivity (Wildman–Crippen MR) is 75.7 cm³/mol. The number of pyridine rings is 1. The van der Waals surface area contributed by atoms with Gasteiger partial charge < -0.3 is 9.64 Å². The van der Waals surface area contributed by atoms with E-state index in [0.717, 1.165) is 18.8 Å². The molecule has 0 N–H and O–H groups in total. The fraction of sp³-hybridized carbons (Fsp3) is 0.500. The van der Waals surface area contributed by atoms with Crippen LogP contribution >= 0.6 is 0 Å². The fourth-order valence-corrected chi connectivity index (χ4v) is 2.85. The summed E-state index contributed by atoms with van der Waals surface area (Å²) in [4.78, 5) is 6.49. The van der Waals surface area contributed by atoms with Gasteiger partial charge in [0.15, 0.2) is 0 Å². The van der Waals surface area contributed by atoms with Crippen molar-refractivity contribution in [2.45, 2.75) is 18.9 Å². The molecule has 1 saturated heterocycles. The van der Waals surface area contributed by atoms with Crippen molar-refractivity contribution in [2.24, 2.45) is 7.05 Å². The van der Waals surface area contributed by atoms with Crippen molar-refractivity contribution >= 4 is 5.69 Å². The van der Waals surface area contributed by atoms with E-state index in [9.17, 15) is 0 Å². The van der Waals surface area contributed by atoms with E-state index in [1.165, 1.54) is 11.3 Å². The molecule has 0 spiro atoms. The van der Waals surface area contributed by atoms with Crippen LogP contribution in [0.3, 0.4) is 0 Å². The molecule has 1 aliphatic heterocycles. The van der Waals surface area contributed by atoms with Crippen LogP contribution in [0.1, 0.15) is 17.2 Å². The molecule has 1 aliphatic rings. The number of ether oxygens (including phenoxy) is 1. The van der Waals surface area contributed by atoms with Crippen molar-refractivity contribution in [1.29, 1.82) is 0 Å². The minimum absolute atomic E-state index is 0.138. The Morgan fingerprint density at radius 2 is 2.20 bits per heavy atom. The summed E-state index contributed by atoms with van der Waals surface area (Å²) in [6.07, 6.45) is 5.84. The van der Waals surface area contributed by atoms with Crippen LogP contribution in [0, 0.1) is 6.92 Å². The van der Waals surface area contributed by atoms with Gasteiger partial charge >= 0.3 is 0 Å². The number of nitrogens with zero attached hydrogens (tertiary/aromatic N) is 5. The van der Waals surface area contributed by atoms with Crippen LogP contribution in [-0.4, -0.2) is 46.3 Å². The van der Waals surface area contributed by atoms with E-state index in [-0.39, 0.29) is 12.0 Å². The first-order valence-electron chi connectivity index (χ1n) is 6.73. The summed E-state index contributed by atoms with van der Waals surface area (Å²) in [5.74, 6) is 0.251. The van der Waals surface area contributed by atoms with Crippen molar-refractivity contribution in [2.75, 3.05) is 25.1 Å². The number of rotatable bonds is 3. The lowest BCUT2D eigenvalue weighted by molar-refractivity contribution is 0.105. The topological polar surface area (TPSA) is 56.1 Å². The lowest BCUT2D eigenvalue weighted by Crippen LogP contribution is -2.23. The molecule has 0 radical (unpaired) electrons. The third-order valence-electron chi connectivity index (χ3n) is 3.90. The monoisotopic (exact) mass is 273 g/mol. The van der Waals surface area contributed by atoms with Crippen molar-refractivity contribution in [1.82, 2.24) is 20.0 Å². The zero-order chi connectivity index (χ0) is 14.1. The van der Waals surface area contributed by atoms with Crippen LogP contribution < -0.4 is 4.90 Å². The first-order chi connectivity index (χ1) is 9.69. The molecule has 6 heteroatoms. The van der Waals surface area contributed by atoms with Gasteiger partial charge in [-0.25, -0.2) is 0 Å². The van der Waals surface area contributed by atoms with Gasteiger partial charge in [-0.05, 0) is 18.6 Å². The highest BCUT2D eigenvalue weighted by Gasteiger charge is 2.36. The first-order valence-corrected chi connectivity index (χ1v) is 6.73. The molecular formula is C14H19N5O. The number of hydrogen-bond donors (Lipinski definition) is 0. The van der Waals surface area contributed by atoms with Gasteiger partial charge in [-0.2, -0.15) is 0 Å². The largest absolute Gasteiger partial charge is 0.379 e. The van der Waals surface area contributed by atoms with Crippen molar-refractivity contribution in [3.63, 3.8) is 0 Å². The molecule has 0 aromatic carbocycles. The molecule has 2 aromatic heterocycles. The number of aromatic nitrogens is 4. The molecule has 6 nitrogen and oxygen atoms in total. The maximum Gasteiger partial charge on any atom is 0.0902 e. The fourth-order valence-electron chi connectivity index (χ4n) is 2.85. The standard InChI is InChI=1S/C14H19N5O/c1-10-6-15-5-4-13(10)19-7-11(14(9-19)20-3)12-8-18(2)17-16-12/h4-6,8,11,14H,7,9H2,1-3H3/t11-,14+/m0/s1. The Morgan fingerprint density at radius 1 is 1.35 bits per heavy atom. The molecule has 20 heavy (non-hydrogen) atoms. The average molecular weight is 273 g/mol. The minimum Gasteiger partial charge on any atom is -0.379 e. The smallest absolute Gasteiger partial charge is 0.0902 e. The Hall–Kier alpha value is -1.95. The van der Waals surface area contributed by atoms with Gasteiger partial charge in [0.05, 0.1) is 17.7 Å². The second-order valence-corrected chi connectivity index (χ2v) is 5.26. The van der Waals surface area contributed by atoms with E-state index in [0.29, 0.717) is 0 Å². The Balaban J connectivity index is 1.86. The SMILES string of the molecule is CO[C@@H]1CN(c2ccncc2C)C[C@H]1c1cn(C)nn1. The third-order valence-corrected chi connectivity index (χ3v) is 3.90. The summed E-state index contributed by atoms with van der Waals surface area (Å²) in [7, 11) is 3.65. The predicted octanol–water partition coefficient (Wildman–Crippen LogP) is 1.14. The summed E-state index contributed by atoms with van der Waals surface area (Å²) >= 11 is 0. The maximum atomic E-state index is 5.64. The Bertz CT molecular complexity index is 597. The van der Waals surface area contributed by atoms with Gasteiger partial charge in [-0.1, -0.05) is 5.21 Å². The van der Waals surface area contributed by atoms with E-state index in [1.54, 1.807) is 11.8 Å². The highest BCUT2D eigenvalue weighted by Crippen LogP contribution is 2.32. The molecule has 2 aromatic rings. The molecule has 106 valence electrons. The first kappa shape index (κ1) is 13.1. The van der Waals surface area contributed by atoms with Crippen LogP contribution in [0.25, 0.3) is 0 Å². The summed E-state index contributed by atoms with van der Waals surface area (Å²) in [6, 6.07) is 2.06. The van der Waals surface area contributed by atoms with Crippen LogP contribution in [0.15, 0.2) is 24.7 Å². The molecule has 0 aliphatic carbocycles. The summed E-state index contributed by atoms with van der Waals surface area (Å²) in [5, 5.41) is 8.27. The molecule has 1 fully saturated rings.